The fourth-order valence-electron chi connectivity index (χ4n) is 1.83. The smallest absolute Gasteiger partial charge is 0.356 e. The molecule has 2 aromatic rings. The Bertz CT molecular complexity index is 635. The summed E-state index contributed by atoms with van der Waals surface area (Å²) < 4.78 is 4.65. The van der Waals surface area contributed by atoms with Gasteiger partial charge in [0, 0.05) is 17.3 Å². The van der Waals surface area contributed by atoms with Crippen molar-refractivity contribution in [3.63, 3.8) is 0 Å². The zero-order chi connectivity index (χ0) is 13.8. The first kappa shape index (κ1) is 13.0. The third kappa shape index (κ3) is 2.68. The predicted octanol–water partition coefficient (Wildman–Crippen LogP) is 2.66. The van der Waals surface area contributed by atoms with Crippen molar-refractivity contribution >= 4 is 12.3 Å². The number of aryl methyl sites for hydroxylation is 1. The first-order chi connectivity index (χ1) is 9.15. The molecular weight excluding hydrogens is 242 g/mol. The number of carbonyl (C=O) groups is 2. The highest BCUT2D eigenvalue weighted by Gasteiger charge is 2.11. The molecule has 1 heterocycles. The lowest BCUT2D eigenvalue weighted by Crippen LogP contribution is -2.06. The highest BCUT2D eigenvalue weighted by molar-refractivity contribution is 5.89. The van der Waals surface area contributed by atoms with Gasteiger partial charge in [0.15, 0.2) is 5.69 Å². The number of esters is 1. The summed E-state index contributed by atoms with van der Waals surface area (Å²) in [5.41, 5.74) is 3.39. The number of hydrogen-bond acceptors (Lipinski definition) is 4. The molecule has 0 aliphatic heterocycles. The third-order valence-electron chi connectivity index (χ3n) is 2.81. The van der Waals surface area contributed by atoms with Gasteiger partial charge >= 0.3 is 5.97 Å². The number of aldehydes is 1. The third-order valence-corrected chi connectivity index (χ3v) is 2.81. The summed E-state index contributed by atoms with van der Waals surface area (Å²) in [6.45, 7) is 1.80. The SMILES string of the molecule is COC(=O)c1ncc(-c2cccc(C=O)c2)cc1C. The van der Waals surface area contributed by atoms with Crippen molar-refractivity contribution in [3.05, 3.63) is 53.3 Å². The maximum atomic E-state index is 11.5. The minimum Gasteiger partial charge on any atom is -0.464 e. The number of ether oxygens (including phenoxy) is 1. The van der Waals surface area contributed by atoms with E-state index < -0.39 is 5.97 Å². The summed E-state index contributed by atoms with van der Waals surface area (Å²) in [6.07, 6.45) is 2.40. The fourth-order valence-corrected chi connectivity index (χ4v) is 1.83. The molecule has 4 nitrogen and oxygen atoms in total. The number of nitrogens with zero attached hydrogens (tertiary/aromatic N) is 1. The molecule has 96 valence electrons. The molecule has 2 rings (SSSR count). The number of pyridine rings is 1. The van der Waals surface area contributed by atoms with E-state index in [-0.39, 0.29) is 0 Å². The van der Waals surface area contributed by atoms with Gasteiger partial charge in [0.25, 0.3) is 0 Å². The van der Waals surface area contributed by atoms with Crippen LogP contribution in [0, 0.1) is 6.92 Å². The predicted molar refractivity (Wildman–Crippen MR) is 71.1 cm³/mol. The van der Waals surface area contributed by atoms with Crippen LogP contribution in [-0.4, -0.2) is 24.3 Å². The number of aromatic nitrogens is 1. The molecule has 0 amide bonds. The Morgan fingerprint density at radius 3 is 2.68 bits per heavy atom. The fraction of sp³-hybridized carbons (Fsp3) is 0.133. The Kier molecular flexibility index (Phi) is 3.71. The van der Waals surface area contributed by atoms with Crippen LogP contribution < -0.4 is 0 Å². The molecule has 19 heavy (non-hydrogen) atoms. The Labute approximate surface area is 111 Å². The Morgan fingerprint density at radius 1 is 1.26 bits per heavy atom. The minimum atomic E-state index is -0.453. The van der Waals surface area contributed by atoms with Crippen LogP contribution in [0.5, 0.6) is 0 Å². The molecule has 0 saturated carbocycles. The minimum absolute atomic E-state index is 0.304. The maximum absolute atomic E-state index is 11.5. The van der Waals surface area contributed by atoms with E-state index in [1.165, 1.54) is 7.11 Å². The first-order valence-electron chi connectivity index (χ1n) is 5.76. The molecule has 0 aliphatic rings. The summed E-state index contributed by atoms with van der Waals surface area (Å²) >= 11 is 0. The van der Waals surface area contributed by atoms with Gasteiger partial charge < -0.3 is 4.74 Å². The largest absolute Gasteiger partial charge is 0.464 e. The normalized spacial score (nSPS) is 10.0. The molecule has 0 bridgehead atoms. The van der Waals surface area contributed by atoms with Gasteiger partial charge in [-0.05, 0) is 30.2 Å². The molecular formula is C15H13NO3. The number of methoxy groups -OCH3 is 1. The van der Waals surface area contributed by atoms with Crippen LogP contribution in [0.1, 0.15) is 26.4 Å². The summed E-state index contributed by atoms with van der Waals surface area (Å²) in [5.74, 6) is -0.453. The van der Waals surface area contributed by atoms with Crippen LogP contribution in [-0.2, 0) is 4.74 Å². The number of benzene rings is 1. The topological polar surface area (TPSA) is 56.3 Å². The summed E-state index contributed by atoms with van der Waals surface area (Å²) in [5, 5.41) is 0. The van der Waals surface area contributed by atoms with Crippen LogP contribution in [0.2, 0.25) is 0 Å². The van der Waals surface area contributed by atoms with Gasteiger partial charge in [0.2, 0.25) is 0 Å². The van der Waals surface area contributed by atoms with E-state index in [0.717, 1.165) is 23.0 Å². The zero-order valence-electron chi connectivity index (χ0n) is 10.7. The lowest BCUT2D eigenvalue weighted by molar-refractivity contribution is 0.0593. The second kappa shape index (κ2) is 5.44. The highest BCUT2D eigenvalue weighted by Crippen LogP contribution is 2.21. The highest BCUT2D eigenvalue weighted by atomic mass is 16.5. The molecule has 1 aromatic heterocycles. The van der Waals surface area contributed by atoms with Crippen molar-refractivity contribution < 1.29 is 14.3 Å². The maximum Gasteiger partial charge on any atom is 0.356 e. The van der Waals surface area contributed by atoms with Crippen molar-refractivity contribution in [1.82, 2.24) is 4.98 Å². The molecule has 4 heteroatoms. The molecule has 0 atom stereocenters. The van der Waals surface area contributed by atoms with E-state index in [4.69, 9.17) is 0 Å². The van der Waals surface area contributed by atoms with E-state index in [1.807, 2.05) is 18.2 Å². The Hall–Kier alpha value is -2.49. The van der Waals surface area contributed by atoms with Crippen molar-refractivity contribution in [2.75, 3.05) is 7.11 Å². The van der Waals surface area contributed by atoms with Crippen molar-refractivity contribution in [3.8, 4) is 11.1 Å². The molecule has 0 saturated heterocycles. The molecule has 0 spiro atoms. The van der Waals surface area contributed by atoms with Gasteiger partial charge in [0.05, 0.1) is 7.11 Å². The number of rotatable bonds is 3. The molecule has 0 aliphatic carbocycles. The van der Waals surface area contributed by atoms with Gasteiger partial charge in [-0.15, -0.1) is 0 Å². The Morgan fingerprint density at radius 2 is 2.05 bits per heavy atom. The van der Waals surface area contributed by atoms with E-state index in [0.29, 0.717) is 11.3 Å². The molecule has 0 unspecified atom stereocenters. The van der Waals surface area contributed by atoms with Crippen LogP contribution >= 0.6 is 0 Å². The lowest BCUT2D eigenvalue weighted by Gasteiger charge is -2.06. The average molecular weight is 255 g/mol. The number of hydrogen-bond donors (Lipinski definition) is 0. The van der Waals surface area contributed by atoms with Gasteiger partial charge in [-0.2, -0.15) is 0 Å². The average Bonchev–Trinajstić information content (AvgIpc) is 2.46. The van der Waals surface area contributed by atoms with Gasteiger partial charge in [-0.25, -0.2) is 9.78 Å². The second-order valence-corrected chi connectivity index (χ2v) is 4.12. The van der Waals surface area contributed by atoms with Crippen LogP contribution in [0.4, 0.5) is 0 Å². The first-order valence-corrected chi connectivity index (χ1v) is 5.76. The van der Waals surface area contributed by atoms with E-state index >= 15 is 0 Å². The van der Waals surface area contributed by atoms with E-state index in [1.54, 1.807) is 25.3 Å². The summed E-state index contributed by atoms with van der Waals surface area (Å²) in [4.78, 5) is 26.3. The second-order valence-electron chi connectivity index (χ2n) is 4.12. The van der Waals surface area contributed by atoms with Crippen molar-refractivity contribution in [2.45, 2.75) is 6.92 Å². The van der Waals surface area contributed by atoms with Crippen LogP contribution in [0.25, 0.3) is 11.1 Å². The van der Waals surface area contributed by atoms with E-state index in [9.17, 15) is 9.59 Å². The summed E-state index contributed by atoms with van der Waals surface area (Å²) in [6, 6.07) is 9.06. The number of carbonyl (C=O) groups excluding carboxylic acids is 2. The lowest BCUT2D eigenvalue weighted by atomic mass is 10.0. The quantitative estimate of drug-likeness (QED) is 0.625. The summed E-state index contributed by atoms with van der Waals surface area (Å²) in [7, 11) is 1.32. The molecule has 0 fully saturated rings. The standard InChI is InChI=1S/C15H13NO3/c1-10-6-13(8-16-14(10)15(18)19-2)12-5-3-4-11(7-12)9-17/h3-9H,1-2H3. The van der Waals surface area contributed by atoms with Gasteiger partial charge in [0.1, 0.15) is 6.29 Å². The van der Waals surface area contributed by atoms with E-state index in [2.05, 4.69) is 9.72 Å². The van der Waals surface area contributed by atoms with Crippen molar-refractivity contribution in [2.24, 2.45) is 0 Å². The molecule has 0 radical (unpaired) electrons. The molecule has 0 N–H and O–H groups in total. The van der Waals surface area contributed by atoms with Gasteiger partial charge in [-0.1, -0.05) is 18.2 Å². The molecule has 1 aromatic carbocycles. The van der Waals surface area contributed by atoms with Crippen LogP contribution in [0.3, 0.4) is 0 Å². The van der Waals surface area contributed by atoms with Gasteiger partial charge in [-0.3, -0.25) is 4.79 Å². The van der Waals surface area contributed by atoms with Crippen LogP contribution in [0.15, 0.2) is 36.5 Å². The zero-order valence-corrected chi connectivity index (χ0v) is 10.7. The van der Waals surface area contributed by atoms with Crippen molar-refractivity contribution in [1.29, 1.82) is 0 Å². The monoisotopic (exact) mass is 255 g/mol. The Balaban J connectivity index is 2.44.